The number of hydrogen-bond donors (Lipinski definition) is 0. The molecule has 0 N–H and O–H groups in total. The van der Waals surface area contributed by atoms with Crippen molar-refractivity contribution in [3.63, 3.8) is 0 Å². The predicted molar refractivity (Wildman–Crippen MR) is 145 cm³/mol. The van der Waals surface area contributed by atoms with Crippen molar-refractivity contribution < 1.29 is 14.3 Å². The maximum atomic E-state index is 12.9. The monoisotopic (exact) mass is 477 g/mol. The van der Waals surface area contributed by atoms with E-state index in [-0.39, 0.29) is 24.5 Å². The number of ether oxygens (including phenoxy) is 1. The molecule has 0 spiro atoms. The number of allylic oxidation sites excluding steroid dienone is 8. The Morgan fingerprint density at radius 2 is 1.54 bits per heavy atom. The molecule has 0 aliphatic carbocycles. The van der Waals surface area contributed by atoms with Crippen molar-refractivity contribution in [2.45, 2.75) is 84.1 Å². The summed E-state index contributed by atoms with van der Waals surface area (Å²) in [6, 6.07) is 9.69. The van der Waals surface area contributed by atoms with Gasteiger partial charge in [-0.25, -0.2) is 9.69 Å². The lowest BCUT2D eigenvalue weighted by Gasteiger charge is -2.22. The standard InChI is InChI=1S/C31H43NO3/c1-3-4-5-6-7-8-9-10-11-12-13-14-15-16-17-19-22-27(2)30(33)32-29(26-35-31(32)34)25-28-23-20-18-21-24-28/h7-8,10-11,13-14,16-18,20-21,23-24,27,29H,3-6,9,12,15,19,22,25-26H2,1-2H3/b8-7-,11-10-,14-13-,17-16-/t27-,29-/m1/s1. The summed E-state index contributed by atoms with van der Waals surface area (Å²) in [6.45, 7) is 4.40. The molecule has 2 atom stereocenters. The van der Waals surface area contributed by atoms with Gasteiger partial charge in [-0.2, -0.15) is 0 Å². The third-order valence-electron chi connectivity index (χ3n) is 6.16. The van der Waals surface area contributed by atoms with Crippen LogP contribution in [0.15, 0.2) is 78.9 Å². The van der Waals surface area contributed by atoms with Gasteiger partial charge in [-0.3, -0.25) is 4.79 Å². The van der Waals surface area contributed by atoms with E-state index in [4.69, 9.17) is 4.74 Å². The van der Waals surface area contributed by atoms with Gasteiger partial charge in [0.15, 0.2) is 0 Å². The second kappa shape index (κ2) is 17.5. The van der Waals surface area contributed by atoms with Crippen LogP contribution in [0.1, 0.15) is 77.2 Å². The van der Waals surface area contributed by atoms with Crippen LogP contribution in [-0.4, -0.2) is 29.5 Å². The van der Waals surface area contributed by atoms with Gasteiger partial charge in [-0.05, 0) is 56.9 Å². The van der Waals surface area contributed by atoms with E-state index < -0.39 is 6.09 Å². The highest BCUT2D eigenvalue weighted by Gasteiger charge is 2.39. The summed E-state index contributed by atoms with van der Waals surface area (Å²) in [5, 5.41) is 0. The van der Waals surface area contributed by atoms with E-state index in [1.165, 1.54) is 30.6 Å². The fourth-order valence-electron chi connectivity index (χ4n) is 4.04. The lowest BCUT2D eigenvalue weighted by Crippen LogP contribution is -2.43. The number of cyclic esters (lactones) is 1. The Kier molecular flexibility index (Phi) is 14.2. The van der Waals surface area contributed by atoms with E-state index >= 15 is 0 Å². The lowest BCUT2D eigenvalue weighted by molar-refractivity contribution is -0.133. The second-order valence-corrected chi connectivity index (χ2v) is 9.20. The largest absolute Gasteiger partial charge is 0.447 e. The summed E-state index contributed by atoms with van der Waals surface area (Å²) >= 11 is 0. The van der Waals surface area contributed by atoms with Gasteiger partial charge in [0, 0.05) is 5.92 Å². The lowest BCUT2D eigenvalue weighted by atomic mass is 10.0. The van der Waals surface area contributed by atoms with Crippen molar-refractivity contribution >= 4 is 12.0 Å². The zero-order valence-corrected chi connectivity index (χ0v) is 21.6. The molecule has 1 aromatic carbocycles. The number of carbonyl (C=O) groups is 2. The smallest absolute Gasteiger partial charge is 0.416 e. The van der Waals surface area contributed by atoms with Crippen LogP contribution in [-0.2, 0) is 16.0 Å². The summed E-state index contributed by atoms with van der Waals surface area (Å²) in [4.78, 5) is 26.5. The number of nitrogens with zero attached hydrogens (tertiary/aromatic N) is 1. The fraction of sp³-hybridized carbons (Fsp3) is 0.484. The van der Waals surface area contributed by atoms with Crippen LogP contribution in [0.25, 0.3) is 0 Å². The minimum Gasteiger partial charge on any atom is -0.447 e. The summed E-state index contributed by atoms with van der Waals surface area (Å²) in [6.07, 6.45) is 27.2. The average molecular weight is 478 g/mol. The molecule has 4 nitrogen and oxygen atoms in total. The Hall–Kier alpha value is -2.88. The summed E-state index contributed by atoms with van der Waals surface area (Å²) in [5.41, 5.74) is 1.10. The molecule has 4 heteroatoms. The van der Waals surface area contributed by atoms with Crippen molar-refractivity contribution in [3.05, 3.63) is 84.5 Å². The first-order valence-electron chi connectivity index (χ1n) is 13.3. The zero-order chi connectivity index (χ0) is 25.1. The van der Waals surface area contributed by atoms with Gasteiger partial charge < -0.3 is 4.74 Å². The maximum absolute atomic E-state index is 12.9. The van der Waals surface area contributed by atoms with E-state index in [9.17, 15) is 9.59 Å². The van der Waals surface area contributed by atoms with Crippen molar-refractivity contribution in [2.24, 2.45) is 5.92 Å². The Bertz CT molecular complexity index is 853. The Labute approximate surface area is 212 Å². The van der Waals surface area contributed by atoms with Crippen LogP contribution in [0.5, 0.6) is 0 Å². The van der Waals surface area contributed by atoms with Crippen LogP contribution in [0.4, 0.5) is 4.79 Å². The summed E-state index contributed by atoms with van der Waals surface area (Å²) in [5.74, 6) is -0.353. The van der Waals surface area contributed by atoms with Crippen LogP contribution >= 0.6 is 0 Å². The van der Waals surface area contributed by atoms with Crippen LogP contribution < -0.4 is 0 Å². The molecule has 2 amide bonds. The molecule has 1 aromatic rings. The molecule has 1 saturated heterocycles. The van der Waals surface area contributed by atoms with E-state index in [0.29, 0.717) is 6.42 Å². The van der Waals surface area contributed by atoms with Crippen molar-refractivity contribution in [3.8, 4) is 0 Å². The zero-order valence-electron chi connectivity index (χ0n) is 21.6. The summed E-state index contributed by atoms with van der Waals surface area (Å²) in [7, 11) is 0. The van der Waals surface area contributed by atoms with E-state index in [1.807, 2.05) is 37.3 Å². The van der Waals surface area contributed by atoms with Gasteiger partial charge >= 0.3 is 6.09 Å². The van der Waals surface area contributed by atoms with Gasteiger partial charge in [0.05, 0.1) is 6.04 Å². The van der Waals surface area contributed by atoms with Gasteiger partial charge in [0.2, 0.25) is 5.91 Å². The minimum atomic E-state index is -0.513. The molecule has 1 aliphatic rings. The van der Waals surface area contributed by atoms with Gasteiger partial charge in [0.1, 0.15) is 6.61 Å². The fourth-order valence-corrected chi connectivity index (χ4v) is 4.04. The molecule has 0 aromatic heterocycles. The Morgan fingerprint density at radius 3 is 2.17 bits per heavy atom. The summed E-state index contributed by atoms with van der Waals surface area (Å²) < 4.78 is 5.19. The van der Waals surface area contributed by atoms with E-state index in [2.05, 4.69) is 55.5 Å². The molecule has 1 fully saturated rings. The number of unbranched alkanes of at least 4 members (excludes halogenated alkanes) is 3. The van der Waals surface area contributed by atoms with E-state index in [0.717, 1.165) is 37.7 Å². The first-order valence-corrected chi connectivity index (χ1v) is 13.3. The average Bonchev–Trinajstić information content (AvgIpc) is 3.23. The molecular formula is C31H43NO3. The Balaban J connectivity index is 1.61. The van der Waals surface area contributed by atoms with Gasteiger partial charge in [-0.1, -0.05) is 106 Å². The van der Waals surface area contributed by atoms with Crippen molar-refractivity contribution in [2.75, 3.05) is 6.61 Å². The molecule has 0 bridgehead atoms. The number of benzene rings is 1. The number of amides is 2. The van der Waals surface area contributed by atoms with Crippen LogP contribution in [0.3, 0.4) is 0 Å². The van der Waals surface area contributed by atoms with Crippen LogP contribution in [0.2, 0.25) is 0 Å². The van der Waals surface area contributed by atoms with Crippen LogP contribution in [0, 0.1) is 5.92 Å². The normalized spacial score (nSPS) is 17.4. The van der Waals surface area contributed by atoms with Crippen molar-refractivity contribution in [1.29, 1.82) is 0 Å². The molecule has 2 rings (SSSR count). The molecule has 0 saturated carbocycles. The quantitative estimate of drug-likeness (QED) is 0.179. The molecule has 190 valence electrons. The SMILES string of the molecule is CCCCC/C=C\C/C=C\C/C=C\C/C=C\CC[C@@H](C)C(=O)N1C(=O)OC[C@H]1Cc1ccccc1. The highest BCUT2D eigenvalue weighted by molar-refractivity contribution is 5.94. The molecule has 1 aliphatic heterocycles. The van der Waals surface area contributed by atoms with E-state index in [1.54, 1.807) is 0 Å². The molecule has 35 heavy (non-hydrogen) atoms. The number of hydrogen-bond acceptors (Lipinski definition) is 3. The Morgan fingerprint density at radius 1 is 0.943 bits per heavy atom. The number of carbonyl (C=O) groups excluding carboxylic acids is 2. The maximum Gasteiger partial charge on any atom is 0.416 e. The van der Waals surface area contributed by atoms with Gasteiger partial charge in [0.25, 0.3) is 0 Å². The third kappa shape index (κ3) is 11.4. The highest BCUT2D eigenvalue weighted by Crippen LogP contribution is 2.21. The first kappa shape index (κ1) is 28.4. The molecule has 0 radical (unpaired) electrons. The van der Waals surface area contributed by atoms with Crippen molar-refractivity contribution in [1.82, 2.24) is 4.90 Å². The minimum absolute atomic E-state index is 0.135. The predicted octanol–water partition coefficient (Wildman–Crippen LogP) is 7.97. The number of imide groups is 1. The topological polar surface area (TPSA) is 46.6 Å². The molecule has 1 heterocycles. The second-order valence-electron chi connectivity index (χ2n) is 9.20. The molecule has 0 unspecified atom stereocenters. The molecular weight excluding hydrogens is 434 g/mol. The number of rotatable bonds is 16. The highest BCUT2D eigenvalue weighted by atomic mass is 16.6. The van der Waals surface area contributed by atoms with Gasteiger partial charge in [-0.15, -0.1) is 0 Å². The third-order valence-corrected chi connectivity index (χ3v) is 6.16. The first-order chi connectivity index (χ1) is 17.1.